The molecule has 6 N–H and O–H groups in total. The van der Waals surface area contributed by atoms with Crippen molar-refractivity contribution >= 4 is 23.1 Å². The van der Waals surface area contributed by atoms with Crippen molar-refractivity contribution in [3.8, 4) is 0 Å². The normalized spacial score (nSPS) is 15.8. The van der Waals surface area contributed by atoms with Crippen molar-refractivity contribution in [2.45, 2.75) is 18.3 Å². The van der Waals surface area contributed by atoms with E-state index in [1.807, 2.05) is 0 Å². The number of aliphatic hydroxyl groups excluding tert-OH is 4. The van der Waals surface area contributed by atoms with Gasteiger partial charge in [0.15, 0.2) is 0 Å². The molecular formula is C13H16N4O5. The molecule has 118 valence electrons. The minimum atomic E-state index is -1.58. The molecule has 2 rings (SSSR count). The highest BCUT2D eigenvalue weighted by Crippen LogP contribution is 2.07. The summed E-state index contributed by atoms with van der Waals surface area (Å²) in [4.78, 5) is 18.4. The van der Waals surface area contributed by atoms with Gasteiger partial charge in [0.2, 0.25) is 5.95 Å². The van der Waals surface area contributed by atoms with Crippen LogP contribution in [0.15, 0.2) is 34.2 Å². The number of para-hydroxylation sites is 1. The molecule has 1 aromatic carbocycles. The number of aliphatic hydroxyl groups is 4. The number of benzene rings is 1. The van der Waals surface area contributed by atoms with Gasteiger partial charge in [0, 0.05) is 0 Å². The van der Waals surface area contributed by atoms with Crippen LogP contribution in [0.5, 0.6) is 0 Å². The van der Waals surface area contributed by atoms with Crippen molar-refractivity contribution in [3.63, 3.8) is 0 Å². The average Bonchev–Trinajstić information content (AvgIpc) is 2.53. The molecule has 2 aromatic rings. The van der Waals surface area contributed by atoms with Gasteiger partial charge in [0.05, 0.1) is 23.7 Å². The number of hydrogen-bond acceptors (Lipinski definition) is 8. The Balaban J connectivity index is 2.08. The number of rotatable bonds is 6. The summed E-state index contributed by atoms with van der Waals surface area (Å²) < 4.78 is 0. The summed E-state index contributed by atoms with van der Waals surface area (Å²) in [7, 11) is 0. The zero-order chi connectivity index (χ0) is 16.1. The third-order valence-electron chi connectivity index (χ3n) is 2.94. The van der Waals surface area contributed by atoms with Crippen LogP contribution in [-0.4, -0.2) is 61.5 Å². The number of hydrogen-bond donors (Lipinski definition) is 6. The van der Waals surface area contributed by atoms with E-state index in [0.717, 1.165) is 6.21 Å². The molecular weight excluding hydrogens is 292 g/mol. The minimum absolute atomic E-state index is 0.0596. The van der Waals surface area contributed by atoms with Crippen LogP contribution < -0.4 is 11.0 Å². The molecule has 0 fully saturated rings. The van der Waals surface area contributed by atoms with Gasteiger partial charge < -0.3 is 20.4 Å². The summed E-state index contributed by atoms with van der Waals surface area (Å²) >= 11 is 0. The van der Waals surface area contributed by atoms with E-state index in [0.29, 0.717) is 10.9 Å². The number of nitrogens with zero attached hydrogens (tertiary/aromatic N) is 2. The molecule has 0 radical (unpaired) electrons. The third-order valence-corrected chi connectivity index (χ3v) is 2.94. The second kappa shape index (κ2) is 7.09. The molecule has 0 aliphatic heterocycles. The van der Waals surface area contributed by atoms with Crippen molar-refractivity contribution in [1.29, 1.82) is 0 Å². The topological polar surface area (TPSA) is 151 Å². The van der Waals surface area contributed by atoms with Crippen molar-refractivity contribution < 1.29 is 20.4 Å². The van der Waals surface area contributed by atoms with E-state index in [9.17, 15) is 15.0 Å². The van der Waals surface area contributed by atoms with Crippen LogP contribution in [0.1, 0.15) is 0 Å². The van der Waals surface area contributed by atoms with Crippen LogP contribution in [-0.2, 0) is 0 Å². The predicted octanol–water partition coefficient (Wildman–Crippen LogP) is -1.60. The lowest BCUT2D eigenvalue weighted by Gasteiger charge is -2.17. The van der Waals surface area contributed by atoms with E-state index in [1.165, 1.54) is 0 Å². The molecule has 9 nitrogen and oxygen atoms in total. The maximum absolute atomic E-state index is 11.8. The Kier molecular flexibility index (Phi) is 5.17. The molecule has 0 saturated carbocycles. The Morgan fingerprint density at radius 1 is 1.32 bits per heavy atom. The molecule has 9 heteroatoms. The Hall–Kier alpha value is -2.33. The first-order valence-electron chi connectivity index (χ1n) is 6.46. The second-order valence-corrected chi connectivity index (χ2v) is 4.55. The Morgan fingerprint density at radius 3 is 2.77 bits per heavy atom. The lowest BCUT2D eigenvalue weighted by molar-refractivity contribution is -0.0541. The molecule has 0 bridgehead atoms. The minimum Gasteiger partial charge on any atom is -0.394 e. The summed E-state index contributed by atoms with van der Waals surface area (Å²) in [5.41, 5.74) is 2.53. The monoisotopic (exact) mass is 308 g/mol. The molecule has 0 saturated heterocycles. The molecule has 0 amide bonds. The molecule has 1 aromatic heterocycles. The van der Waals surface area contributed by atoms with E-state index in [2.05, 4.69) is 20.5 Å². The molecule has 0 aliphatic rings. The van der Waals surface area contributed by atoms with Crippen molar-refractivity contribution in [3.05, 3.63) is 34.6 Å². The van der Waals surface area contributed by atoms with Gasteiger partial charge in [0.1, 0.15) is 18.3 Å². The van der Waals surface area contributed by atoms with E-state index in [1.54, 1.807) is 24.3 Å². The number of H-pyrrole nitrogens is 1. The van der Waals surface area contributed by atoms with Crippen LogP contribution in [0, 0.1) is 0 Å². The van der Waals surface area contributed by atoms with Crippen LogP contribution in [0.25, 0.3) is 10.9 Å². The average molecular weight is 308 g/mol. The van der Waals surface area contributed by atoms with Gasteiger partial charge in [-0.1, -0.05) is 12.1 Å². The fourth-order valence-corrected chi connectivity index (χ4v) is 1.74. The third kappa shape index (κ3) is 3.65. The van der Waals surface area contributed by atoms with E-state index in [-0.39, 0.29) is 11.5 Å². The van der Waals surface area contributed by atoms with Crippen molar-refractivity contribution in [2.75, 3.05) is 12.0 Å². The Labute approximate surface area is 124 Å². The van der Waals surface area contributed by atoms with Crippen molar-refractivity contribution in [1.82, 2.24) is 9.97 Å². The molecule has 3 atom stereocenters. The van der Waals surface area contributed by atoms with Gasteiger partial charge in [-0.25, -0.2) is 10.4 Å². The number of hydrazone groups is 1. The highest BCUT2D eigenvalue weighted by atomic mass is 16.4. The van der Waals surface area contributed by atoms with Crippen molar-refractivity contribution in [2.24, 2.45) is 5.10 Å². The summed E-state index contributed by atoms with van der Waals surface area (Å²) in [5, 5.41) is 40.8. The largest absolute Gasteiger partial charge is 0.394 e. The molecule has 0 spiro atoms. The number of nitrogens with one attached hydrogen (secondary N) is 2. The lowest BCUT2D eigenvalue weighted by Crippen LogP contribution is -2.40. The summed E-state index contributed by atoms with van der Waals surface area (Å²) in [6, 6.07) is 6.74. The second-order valence-electron chi connectivity index (χ2n) is 4.55. The smallest absolute Gasteiger partial charge is 0.260 e. The standard InChI is InChI=1S/C13H16N4O5/c18-6-10(20)11(21)9(19)5-14-17-13-15-8-4-2-1-3-7(8)12(22)16-13/h1-5,9-11,18-21H,6H2,(H2,15,16,17,22)/b14-5+. The van der Waals surface area contributed by atoms with Gasteiger partial charge in [-0.2, -0.15) is 5.10 Å². The van der Waals surface area contributed by atoms with Gasteiger partial charge in [-0.15, -0.1) is 0 Å². The Bertz CT molecular complexity index is 717. The highest BCUT2D eigenvalue weighted by molar-refractivity contribution is 5.78. The summed E-state index contributed by atoms with van der Waals surface area (Å²) in [5.74, 6) is 0.0596. The first kappa shape index (κ1) is 16.0. The zero-order valence-electron chi connectivity index (χ0n) is 11.4. The van der Waals surface area contributed by atoms with E-state index >= 15 is 0 Å². The van der Waals surface area contributed by atoms with Crippen LogP contribution in [0.4, 0.5) is 5.95 Å². The van der Waals surface area contributed by atoms with Gasteiger partial charge in [-0.05, 0) is 12.1 Å². The predicted molar refractivity (Wildman–Crippen MR) is 79.6 cm³/mol. The van der Waals surface area contributed by atoms with E-state index in [4.69, 9.17) is 10.2 Å². The number of aromatic amines is 1. The fourth-order valence-electron chi connectivity index (χ4n) is 1.74. The first-order valence-corrected chi connectivity index (χ1v) is 6.46. The van der Waals surface area contributed by atoms with Crippen LogP contribution >= 0.6 is 0 Å². The maximum Gasteiger partial charge on any atom is 0.260 e. The fraction of sp³-hybridized carbons (Fsp3) is 0.308. The lowest BCUT2D eigenvalue weighted by atomic mass is 10.1. The van der Waals surface area contributed by atoms with Crippen LogP contribution in [0.3, 0.4) is 0 Å². The quantitative estimate of drug-likeness (QED) is 0.277. The number of aromatic nitrogens is 2. The molecule has 0 aliphatic carbocycles. The summed E-state index contributed by atoms with van der Waals surface area (Å²) in [6.07, 6.45) is -3.65. The maximum atomic E-state index is 11.8. The van der Waals surface area contributed by atoms with Gasteiger partial charge in [0.25, 0.3) is 5.56 Å². The van der Waals surface area contributed by atoms with Crippen LogP contribution in [0.2, 0.25) is 0 Å². The Morgan fingerprint density at radius 2 is 2.05 bits per heavy atom. The SMILES string of the molecule is O=c1[nH]c(N/N=C/C(O)C(O)C(O)CO)nc2ccccc12. The number of anilines is 1. The molecule has 22 heavy (non-hydrogen) atoms. The first-order chi connectivity index (χ1) is 10.5. The molecule has 1 heterocycles. The highest BCUT2D eigenvalue weighted by Gasteiger charge is 2.22. The zero-order valence-corrected chi connectivity index (χ0v) is 11.4. The van der Waals surface area contributed by atoms with Gasteiger partial charge >= 0.3 is 0 Å². The number of fused-ring (bicyclic) bond motifs is 1. The summed E-state index contributed by atoms with van der Waals surface area (Å²) in [6.45, 7) is -0.695. The van der Waals surface area contributed by atoms with Gasteiger partial charge in [-0.3, -0.25) is 9.78 Å². The molecule has 3 unspecified atom stereocenters. The van der Waals surface area contributed by atoms with E-state index < -0.39 is 24.9 Å².